The highest BCUT2D eigenvalue weighted by atomic mass is 79.9. The summed E-state index contributed by atoms with van der Waals surface area (Å²) < 4.78 is 7.80. The Morgan fingerprint density at radius 3 is 2.90 bits per heavy atom. The fourth-order valence-electron chi connectivity index (χ4n) is 1.90. The Balaban J connectivity index is 1.87. The number of nitrogens with zero attached hydrogens (tertiary/aromatic N) is 4. The van der Waals surface area contributed by atoms with Crippen LogP contribution in [0.4, 0.5) is 0 Å². The number of hydrogen-bond acceptors (Lipinski definition) is 5. The van der Waals surface area contributed by atoms with Gasteiger partial charge in [-0.05, 0) is 29.8 Å². The maximum atomic E-state index is 11.4. The van der Waals surface area contributed by atoms with E-state index in [1.165, 1.54) is 12.1 Å². The van der Waals surface area contributed by atoms with E-state index in [9.17, 15) is 4.79 Å². The molecule has 3 rings (SSSR count). The van der Waals surface area contributed by atoms with Crippen LogP contribution in [0.5, 0.6) is 5.88 Å². The molecule has 0 aliphatic carbocycles. The second kappa shape index (κ2) is 5.28. The van der Waals surface area contributed by atoms with Gasteiger partial charge in [0.2, 0.25) is 0 Å². The molecule has 3 aromatic heterocycles. The molecule has 0 aliphatic rings. The van der Waals surface area contributed by atoms with Crippen LogP contribution in [0.25, 0.3) is 5.65 Å². The molecule has 0 saturated carbocycles. The molecule has 0 saturated heterocycles. The number of hydrogen-bond donors (Lipinski definition) is 1. The first kappa shape index (κ1) is 13.7. The van der Waals surface area contributed by atoms with Crippen LogP contribution in [0.3, 0.4) is 0 Å². The van der Waals surface area contributed by atoms with E-state index < -0.39 is 0 Å². The number of fused-ring (bicyclic) bond motifs is 1. The van der Waals surface area contributed by atoms with Gasteiger partial charge in [0.05, 0.1) is 16.0 Å². The van der Waals surface area contributed by atoms with Gasteiger partial charge in [-0.25, -0.2) is 9.50 Å². The molecule has 8 heteroatoms. The first-order valence-corrected chi connectivity index (χ1v) is 7.03. The molecule has 7 nitrogen and oxygen atoms in total. The fraction of sp³-hybridized carbons (Fsp3) is 0.231. The zero-order chi connectivity index (χ0) is 15.0. The summed E-state index contributed by atoms with van der Waals surface area (Å²) >= 11 is 3.21. The molecule has 0 aliphatic heterocycles. The topological polar surface area (TPSA) is 85.2 Å². The average molecular weight is 350 g/mol. The van der Waals surface area contributed by atoms with Crippen molar-refractivity contribution in [3.63, 3.8) is 0 Å². The highest BCUT2D eigenvalue weighted by Gasteiger charge is 2.09. The Hall–Kier alpha value is -2.22. The van der Waals surface area contributed by atoms with Crippen molar-refractivity contribution >= 4 is 21.6 Å². The third-order valence-electron chi connectivity index (χ3n) is 2.90. The second-order valence-corrected chi connectivity index (χ2v) is 5.42. The lowest BCUT2D eigenvalue weighted by Crippen LogP contribution is -2.05. The maximum absolute atomic E-state index is 11.4. The average Bonchev–Trinajstić information content (AvgIpc) is 2.85. The standard InChI is InChI=1S/C13H12BrN5O2/c1-7-5-15-8(2)13-17-11(18-19(7)13)6-21-12-4-9(20)3-10(14)16-12/h3-5H,6H2,1-2H3,(H,16,20). The summed E-state index contributed by atoms with van der Waals surface area (Å²) in [5.74, 6) is 0.884. The van der Waals surface area contributed by atoms with Crippen LogP contribution in [0, 0.1) is 13.8 Å². The maximum Gasteiger partial charge on any atom is 0.195 e. The molecule has 0 spiro atoms. The first-order valence-electron chi connectivity index (χ1n) is 6.23. The summed E-state index contributed by atoms with van der Waals surface area (Å²) in [6.45, 7) is 3.94. The van der Waals surface area contributed by atoms with Gasteiger partial charge in [-0.2, -0.15) is 0 Å². The van der Waals surface area contributed by atoms with Gasteiger partial charge in [0.15, 0.2) is 29.4 Å². The molecule has 0 unspecified atom stereocenters. The Labute approximate surface area is 128 Å². The van der Waals surface area contributed by atoms with Crippen molar-refractivity contribution in [2.24, 2.45) is 0 Å². The lowest BCUT2D eigenvalue weighted by atomic mass is 10.4. The zero-order valence-corrected chi connectivity index (χ0v) is 13.0. The molecule has 0 bridgehead atoms. The van der Waals surface area contributed by atoms with E-state index in [0.29, 0.717) is 22.0 Å². The van der Waals surface area contributed by atoms with Crippen LogP contribution in [0.1, 0.15) is 17.2 Å². The number of aryl methyl sites for hydroxylation is 2. The van der Waals surface area contributed by atoms with Gasteiger partial charge in [-0.3, -0.25) is 9.78 Å². The van der Waals surface area contributed by atoms with E-state index >= 15 is 0 Å². The van der Waals surface area contributed by atoms with Crippen LogP contribution >= 0.6 is 15.9 Å². The predicted molar refractivity (Wildman–Crippen MR) is 79.4 cm³/mol. The highest BCUT2D eigenvalue weighted by Crippen LogP contribution is 2.12. The summed E-state index contributed by atoms with van der Waals surface area (Å²) in [6.07, 6.45) is 1.74. The van der Waals surface area contributed by atoms with E-state index in [2.05, 4.69) is 36.0 Å². The van der Waals surface area contributed by atoms with Gasteiger partial charge in [-0.15, -0.1) is 5.10 Å². The van der Waals surface area contributed by atoms with Crippen LogP contribution in [-0.2, 0) is 6.61 Å². The van der Waals surface area contributed by atoms with Crippen LogP contribution in [0.15, 0.2) is 27.7 Å². The zero-order valence-electron chi connectivity index (χ0n) is 11.4. The van der Waals surface area contributed by atoms with E-state index in [4.69, 9.17) is 4.74 Å². The number of aromatic amines is 1. The fourth-order valence-corrected chi connectivity index (χ4v) is 2.33. The van der Waals surface area contributed by atoms with E-state index in [1.807, 2.05) is 13.8 Å². The summed E-state index contributed by atoms with van der Waals surface area (Å²) in [6, 6.07) is 2.80. The predicted octanol–water partition coefficient (Wildman–Crippen LogP) is 1.77. The lowest BCUT2D eigenvalue weighted by Gasteiger charge is -2.03. The molecule has 3 heterocycles. The van der Waals surface area contributed by atoms with Gasteiger partial charge >= 0.3 is 0 Å². The minimum Gasteiger partial charge on any atom is -0.471 e. The minimum absolute atomic E-state index is 0.144. The Morgan fingerprint density at radius 2 is 2.19 bits per heavy atom. The molecule has 108 valence electrons. The lowest BCUT2D eigenvalue weighted by molar-refractivity contribution is 0.283. The van der Waals surface area contributed by atoms with Crippen molar-refractivity contribution in [3.8, 4) is 5.88 Å². The molecular weight excluding hydrogens is 338 g/mol. The smallest absolute Gasteiger partial charge is 0.195 e. The van der Waals surface area contributed by atoms with Gasteiger partial charge in [0.1, 0.15) is 0 Å². The normalized spacial score (nSPS) is 11.0. The quantitative estimate of drug-likeness (QED) is 0.728. The SMILES string of the molecule is Cc1ncc(C)n2nc(COc3cc(=O)cc(Br)[nH]3)nc12. The summed E-state index contributed by atoms with van der Waals surface area (Å²) in [5, 5.41) is 4.37. The molecule has 0 radical (unpaired) electrons. The summed E-state index contributed by atoms with van der Waals surface area (Å²) in [4.78, 5) is 22.9. The van der Waals surface area contributed by atoms with Gasteiger partial charge in [0, 0.05) is 18.3 Å². The van der Waals surface area contributed by atoms with E-state index in [1.54, 1.807) is 10.7 Å². The number of ether oxygens (including phenoxy) is 1. The largest absolute Gasteiger partial charge is 0.471 e. The molecule has 21 heavy (non-hydrogen) atoms. The van der Waals surface area contributed by atoms with Crippen molar-refractivity contribution in [1.82, 2.24) is 24.6 Å². The third-order valence-corrected chi connectivity index (χ3v) is 3.32. The van der Waals surface area contributed by atoms with Gasteiger partial charge < -0.3 is 9.72 Å². The van der Waals surface area contributed by atoms with Gasteiger partial charge in [0.25, 0.3) is 0 Å². The first-order chi connectivity index (χ1) is 10.0. The van der Waals surface area contributed by atoms with Crippen molar-refractivity contribution < 1.29 is 4.74 Å². The Bertz CT molecular complexity index is 832. The molecule has 1 N–H and O–H groups in total. The molecule has 0 aromatic carbocycles. The Morgan fingerprint density at radius 1 is 1.38 bits per heavy atom. The summed E-state index contributed by atoms with van der Waals surface area (Å²) in [7, 11) is 0. The number of pyridine rings is 1. The second-order valence-electron chi connectivity index (χ2n) is 4.57. The van der Waals surface area contributed by atoms with Crippen molar-refractivity contribution in [2.45, 2.75) is 20.5 Å². The number of halogens is 1. The number of aromatic nitrogens is 5. The number of H-pyrrole nitrogens is 1. The molecule has 0 fully saturated rings. The van der Waals surface area contributed by atoms with Crippen molar-refractivity contribution in [2.75, 3.05) is 0 Å². The molecular formula is C13H12BrN5O2. The highest BCUT2D eigenvalue weighted by molar-refractivity contribution is 9.10. The Kier molecular flexibility index (Phi) is 3.46. The molecule has 3 aromatic rings. The number of nitrogens with one attached hydrogen (secondary N) is 1. The minimum atomic E-state index is -0.144. The van der Waals surface area contributed by atoms with Crippen LogP contribution in [-0.4, -0.2) is 24.6 Å². The van der Waals surface area contributed by atoms with Crippen molar-refractivity contribution in [3.05, 3.63) is 50.4 Å². The number of rotatable bonds is 3. The van der Waals surface area contributed by atoms with Crippen LogP contribution < -0.4 is 10.2 Å². The monoisotopic (exact) mass is 349 g/mol. The molecule has 0 atom stereocenters. The third kappa shape index (κ3) is 2.80. The summed E-state index contributed by atoms with van der Waals surface area (Å²) in [5.41, 5.74) is 2.26. The van der Waals surface area contributed by atoms with E-state index in [-0.39, 0.29) is 12.0 Å². The van der Waals surface area contributed by atoms with Crippen LogP contribution in [0.2, 0.25) is 0 Å². The van der Waals surface area contributed by atoms with Gasteiger partial charge in [-0.1, -0.05) is 0 Å². The molecule has 0 amide bonds. The van der Waals surface area contributed by atoms with Crippen molar-refractivity contribution in [1.29, 1.82) is 0 Å². The van der Waals surface area contributed by atoms with E-state index in [0.717, 1.165) is 11.4 Å².